The molecule has 0 bridgehead atoms. The van der Waals surface area contributed by atoms with Crippen molar-refractivity contribution in [2.24, 2.45) is 5.41 Å². The Labute approximate surface area is 153 Å². The maximum atomic E-state index is 12.6. The van der Waals surface area contributed by atoms with Gasteiger partial charge in [-0.3, -0.25) is 4.79 Å². The fourth-order valence-corrected chi connectivity index (χ4v) is 4.43. The number of benzene rings is 1. The van der Waals surface area contributed by atoms with E-state index in [9.17, 15) is 15.0 Å². The number of hydrogen-bond donors (Lipinski definition) is 2. The van der Waals surface area contributed by atoms with Crippen LogP contribution in [-0.2, 0) is 10.2 Å². The molecular weight excluding hydrogens is 349 g/mol. The third kappa shape index (κ3) is 2.94. The minimum atomic E-state index is -1.49. The van der Waals surface area contributed by atoms with E-state index in [-0.39, 0.29) is 0 Å². The van der Waals surface area contributed by atoms with Gasteiger partial charge in [-0.15, -0.1) is 0 Å². The summed E-state index contributed by atoms with van der Waals surface area (Å²) in [5, 5.41) is 22.5. The van der Waals surface area contributed by atoms with Gasteiger partial charge in [0.2, 0.25) is 0 Å². The average molecular weight is 374 g/mol. The lowest BCUT2D eigenvalue weighted by molar-refractivity contribution is -0.176. The van der Waals surface area contributed by atoms with Gasteiger partial charge in [0.1, 0.15) is 5.41 Å². The molecule has 1 unspecified atom stereocenters. The Bertz CT molecular complexity index is 634. The van der Waals surface area contributed by atoms with E-state index in [4.69, 9.17) is 23.2 Å². The molecule has 1 saturated heterocycles. The number of nitrogens with zero attached hydrogens (tertiary/aromatic N) is 1. The van der Waals surface area contributed by atoms with Crippen LogP contribution in [0.5, 0.6) is 0 Å². The zero-order valence-corrected chi connectivity index (χ0v) is 16.1. The molecule has 24 heavy (non-hydrogen) atoms. The maximum absolute atomic E-state index is 12.6. The highest BCUT2D eigenvalue weighted by molar-refractivity contribution is 6.42. The molecule has 0 radical (unpaired) electrons. The molecule has 0 saturated carbocycles. The van der Waals surface area contributed by atoms with Crippen LogP contribution in [0.3, 0.4) is 0 Å². The van der Waals surface area contributed by atoms with E-state index in [0.717, 1.165) is 0 Å². The Morgan fingerprint density at radius 3 is 2.12 bits per heavy atom. The first-order valence-corrected chi connectivity index (χ1v) is 8.81. The molecule has 2 rings (SSSR count). The summed E-state index contributed by atoms with van der Waals surface area (Å²) in [7, 11) is 1.97. The van der Waals surface area contributed by atoms with Crippen LogP contribution in [0.15, 0.2) is 18.2 Å². The normalized spacial score (nSPS) is 21.3. The third-order valence-corrected chi connectivity index (χ3v) is 6.05. The van der Waals surface area contributed by atoms with E-state index in [1.165, 1.54) is 0 Å². The standard InChI is InChI=1S/C18H25Cl2NO3/c1-16(2,3)18(15(22)23,12-5-6-13(19)14(20)11-12)17(24)7-9-21(4)10-8-17/h5-6,11,24H,7-10H2,1-4H3,(H,22,23). The van der Waals surface area contributed by atoms with Crippen molar-refractivity contribution in [2.45, 2.75) is 44.6 Å². The van der Waals surface area contributed by atoms with Crippen LogP contribution < -0.4 is 0 Å². The SMILES string of the molecule is CN1CCC(O)(C(C(=O)O)(c2ccc(Cl)c(Cl)c2)C(C)(C)C)CC1. The van der Waals surface area contributed by atoms with Crippen LogP contribution in [0.1, 0.15) is 39.2 Å². The van der Waals surface area contributed by atoms with E-state index in [2.05, 4.69) is 4.90 Å². The van der Waals surface area contributed by atoms with Crippen molar-refractivity contribution in [3.8, 4) is 0 Å². The largest absolute Gasteiger partial charge is 0.480 e. The lowest BCUT2D eigenvalue weighted by atomic mass is 9.52. The van der Waals surface area contributed by atoms with Crippen LogP contribution in [-0.4, -0.2) is 46.8 Å². The molecule has 0 amide bonds. The van der Waals surface area contributed by atoms with Crippen molar-refractivity contribution in [1.82, 2.24) is 4.90 Å². The number of carbonyl (C=O) groups is 1. The molecule has 1 aromatic rings. The van der Waals surface area contributed by atoms with Gasteiger partial charge in [-0.1, -0.05) is 50.0 Å². The van der Waals surface area contributed by atoms with Crippen molar-refractivity contribution in [3.05, 3.63) is 33.8 Å². The molecule has 0 aromatic heterocycles. The summed E-state index contributed by atoms with van der Waals surface area (Å²) < 4.78 is 0. The quantitative estimate of drug-likeness (QED) is 0.845. The van der Waals surface area contributed by atoms with E-state index < -0.39 is 22.4 Å². The molecule has 4 nitrogen and oxygen atoms in total. The van der Waals surface area contributed by atoms with Gasteiger partial charge in [-0.25, -0.2) is 0 Å². The Hall–Kier alpha value is -0.810. The van der Waals surface area contributed by atoms with E-state index in [1.807, 2.05) is 27.8 Å². The summed E-state index contributed by atoms with van der Waals surface area (Å²) in [5.41, 5.74) is -3.11. The highest BCUT2D eigenvalue weighted by Gasteiger charge is 2.63. The Morgan fingerprint density at radius 1 is 1.17 bits per heavy atom. The molecule has 0 aliphatic carbocycles. The van der Waals surface area contributed by atoms with Gasteiger partial charge in [-0.05, 0) is 43.0 Å². The summed E-state index contributed by atoms with van der Waals surface area (Å²) in [4.78, 5) is 14.7. The summed E-state index contributed by atoms with van der Waals surface area (Å²) in [6.07, 6.45) is 0.765. The molecule has 1 aliphatic heterocycles. The highest BCUT2D eigenvalue weighted by atomic mass is 35.5. The second-order valence-corrected chi connectivity index (χ2v) is 8.58. The van der Waals surface area contributed by atoms with Crippen LogP contribution >= 0.6 is 23.2 Å². The first kappa shape index (κ1) is 19.5. The van der Waals surface area contributed by atoms with Gasteiger partial charge in [-0.2, -0.15) is 0 Å². The highest BCUT2D eigenvalue weighted by Crippen LogP contribution is 2.53. The number of piperidine rings is 1. The number of carboxylic acid groups (broad SMARTS) is 1. The lowest BCUT2D eigenvalue weighted by Crippen LogP contribution is -2.66. The average Bonchev–Trinajstić information content (AvgIpc) is 2.45. The van der Waals surface area contributed by atoms with Crippen molar-refractivity contribution < 1.29 is 15.0 Å². The maximum Gasteiger partial charge on any atom is 0.317 e. The number of hydrogen-bond acceptors (Lipinski definition) is 3. The van der Waals surface area contributed by atoms with Crippen LogP contribution in [0.4, 0.5) is 0 Å². The minimum Gasteiger partial charge on any atom is -0.480 e. The monoisotopic (exact) mass is 373 g/mol. The molecule has 134 valence electrons. The van der Waals surface area contributed by atoms with Gasteiger partial charge < -0.3 is 15.1 Å². The fraction of sp³-hybridized carbons (Fsp3) is 0.611. The smallest absolute Gasteiger partial charge is 0.317 e. The van der Waals surface area contributed by atoms with Gasteiger partial charge >= 0.3 is 5.97 Å². The predicted octanol–water partition coefficient (Wildman–Crippen LogP) is 3.82. The number of halogens is 2. The van der Waals surface area contributed by atoms with Crippen molar-refractivity contribution >= 4 is 29.2 Å². The van der Waals surface area contributed by atoms with Crippen LogP contribution in [0, 0.1) is 5.41 Å². The fourth-order valence-electron chi connectivity index (χ4n) is 4.14. The predicted molar refractivity (Wildman–Crippen MR) is 96.9 cm³/mol. The Balaban J connectivity index is 2.74. The van der Waals surface area contributed by atoms with Crippen molar-refractivity contribution in [2.75, 3.05) is 20.1 Å². The molecule has 1 atom stereocenters. The number of carboxylic acids is 1. The first-order chi connectivity index (χ1) is 11.0. The molecule has 1 aliphatic rings. The second kappa shape index (κ2) is 6.49. The summed E-state index contributed by atoms with van der Waals surface area (Å²) in [6, 6.07) is 4.85. The molecule has 0 spiro atoms. The Morgan fingerprint density at radius 2 is 1.71 bits per heavy atom. The summed E-state index contributed by atoms with van der Waals surface area (Å²) in [5.74, 6) is -1.04. The summed E-state index contributed by atoms with van der Waals surface area (Å²) in [6.45, 7) is 6.83. The first-order valence-electron chi connectivity index (χ1n) is 8.05. The van der Waals surface area contributed by atoms with Crippen LogP contribution in [0.2, 0.25) is 10.0 Å². The van der Waals surface area contributed by atoms with Gasteiger partial charge in [0.25, 0.3) is 0 Å². The number of aliphatic hydroxyl groups is 1. The molecule has 6 heteroatoms. The number of likely N-dealkylation sites (tertiary alicyclic amines) is 1. The summed E-state index contributed by atoms with van der Waals surface area (Å²) >= 11 is 12.2. The number of rotatable bonds is 3. The van der Waals surface area contributed by atoms with Crippen molar-refractivity contribution in [3.63, 3.8) is 0 Å². The minimum absolute atomic E-state index is 0.292. The Kier molecular flexibility index (Phi) is 5.27. The van der Waals surface area contributed by atoms with E-state index in [0.29, 0.717) is 41.5 Å². The third-order valence-electron chi connectivity index (χ3n) is 5.31. The molecule has 1 heterocycles. The van der Waals surface area contributed by atoms with Gasteiger partial charge in [0, 0.05) is 13.1 Å². The number of aliphatic carboxylic acids is 1. The van der Waals surface area contributed by atoms with Crippen LogP contribution in [0.25, 0.3) is 0 Å². The van der Waals surface area contributed by atoms with E-state index in [1.54, 1.807) is 18.2 Å². The van der Waals surface area contributed by atoms with Gasteiger partial charge in [0.15, 0.2) is 0 Å². The van der Waals surface area contributed by atoms with Crippen molar-refractivity contribution in [1.29, 1.82) is 0 Å². The van der Waals surface area contributed by atoms with E-state index >= 15 is 0 Å². The topological polar surface area (TPSA) is 60.8 Å². The zero-order chi connectivity index (χ0) is 18.3. The molecule has 1 fully saturated rings. The van der Waals surface area contributed by atoms with Gasteiger partial charge in [0.05, 0.1) is 15.6 Å². The molecule has 2 N–H and O–H groups in total. The molecular formula is C18H25Cl2NO3. The lowest BCUT2D eigenvalue weighted by Gasteiger charge is -2.54. The molecule has 1 aromatic carbocycles. The zero-order valence-electron chi connectivity index (χ0n) is 14.6. The second-order valence-electron chi connectivity index (χ2n) is 7.77.